The maximum absolute atomic E-state index is 11.4. The van der Waals surface area contributed by atoms with E-state index in [2.05, 4.69) is 10.3 Å². The topological polar surface area (TPSA) is 60.5 Å². The highest BCUT2D eigenvalue weighted by Crippen LogP contribution is 2.29. The summed E-state index contributed by atoms with van der Waals surface area (Å²) in [6, 6.07) is 0. The van der Waals surface area contributed by atoms with Gasteiger partial charge in [0.1, 0.15) is 5.60 Å². The first kappa shape index (κ1) is 12.8. The zero-order valence-electron chi connectivity index (χ0n) is 10.1. The molecule has 0 aromatic carbocycles. The minimum atomic E-state index is -0.513. The molecule has 0 fully saturated rings. The van der Waals surface area contributed by atoms with E-state index < -0.39 is 11.7 Å². The Labute approximate surface area is 98.8 Å². The molecule has 1 heterocycles. The van der Waals surface area contributed by atoms with E-state index in [0.29, 0.717) is 10.2 Å². The molecular formula is C10H16N2O3S. The molecule has 0 unspecified atom stereocenters. The monoisotopic (exact) mass is 244 g/mol. The van der Waals surface area contributed by atoms with E-state index in [1.54, 1.807) is 27.9 Å². The van der Waals surface area contributed by atoms with Crippen LogP contribution in [0.4, 0.5) is 9.93 Å². The minimum Gasteiger partial charge on any atom is -0.486 e. The first-order valence-corrected chi connectivity index (χ1v) is 5.65. The van der Waals surface area contributed by atoms with Crippen molar-refractivity contribution in [2.45, 2.75) is 33.3 Å². The fourth-order valence-corrected chi connectivity index (χ4v) is 1.79. The van der Waals surface area contributed by atoms with Gasteiger partial charge in [0.2, 0.25) is 0 Å². The van der Waals surface area contributed by atoms with Crippen LogP contribution >= 0.6 is 11.3 Å². The van der Waals surface area contributed by atoms with Crippen molar-refractivity contribution in [2.75, 3.05) is 12.4 Å². The van der Waals surface area contributed by atoms with Crippen molar-refractivity contribution in [2.24, 2.45) is 0 Å². The molecule has 0 aliphatic carbocycles. The van der Waals surface area contributed by atoms with Gasteiger partial charge in [-0.2, -0.15) is 0 Å². The zero-order valence-corrected chi connectivity index (χ0v) is 10.9. The lowest BCUT2D eigenvalue weighted by atomic mass is 10.2. The number of anilines is 1. The number of hydrogen-bond donors (Lipinski definition) is 1. The van der Waals surface area contributed by atoms with Crippen molar-refractivity contribution in [1.29, 1.82) is 0 Å². The van der Waals surface area contributed by atoms with Crippen molar-refractivity contribution < 1.29 is 14.3 Å². The summed E-state index contributed by atoms with van der Waals surface area (Å²) in [6.45, 7) is 7.23. The van der Waals surface area contributed by atoms with Gasteiger partial charge in [-0.05, 0) is 27.7 Å². The van der Waals surface area contributed by atoms with Gasteiger partial charge in [0.25, 0.3) is 0 Å². The molecule has 0 atom stereocenters. The van der Waals surface area contributed by atoms with E-state index in [4.69, 9.17) is 9.47 Å². The summed E-state index contributed by atoms with van der Waals surface area (Å²) >= 11 is 1.27. The van der Waals surface area contributed by atoms with Crippen LogP contribution < -0.4 is 10.1 Å². The Morgan fingerprint density at radius 3 is 2.50 bits per heavy atom. The summed E-state index contributed by atoms with van der Waals surface area (Å²) in [4.78, 5) is 15.6. The molecule has 1 rings (SSSR count). The van der Waals surface area contributed by atoms with Gasteiger partial charge >= 0.3 is 6.09 Å². The van der Waals surface area contributed by atoms with Gasteiger partial charge in [-0.25, -0.2) is 9.78 Å². The second kappa shape index (κ2) is 4.69. The molecule has 0 aliphatic rings. The van der Waals surface area contributed by atoms with Crippen LogP contribution in [0, 0.1) is 6.92 Å². The first-order chi connectivity index (χ1) is 7.31. The van der Waals surface area contributed by atoms with E-state index in [0.717, 1.165) is 5.69 Å². The van der Waals surface area contributed by atoms with Crippen LogP contribution in [0.25, 0.3) is 0 Å². The fourth-order valence-electron chi connectivity index (χ4n) is 1.02. The molecule has 0 aliphatic heterocycles. The predicted molar refractivity (Wildman–Crippen MR) is 63.3 cm³/mol. The second-order valence-electron chi connectivity index (χ2n) is 4.22. The molecule has 5 nitrogen and oxygen atoms in total. The third-order valence-electron chi connectivity index (χ3n) is 1.55. The Morgan fingerprint density at radius 1 is 1.44 bits per heavy atom. The van der Waals surface area contributed by atoms with E-state index >= 15 is 0 Å². The SMILES string of the molecule is COc1sc(NC(=O)OC(C)(C)C)nc1C. The quantitative estimate of drug-likeness (QED) is 0.869. The molecule has 1 aromatic rings. The number of aromatic nitrogens is 1. The molecule has 0 saturated heterocycles. The number of aryl methyl sites for hydroxylation is 1. The normalized spacial score (nSPS) is 11.1. The predicted octanol–water partition coefficient (Wildman–Crippen LogP) is 2.81. The maximum atomic E-state index is 11.4. The number of carbonyl (C=O) groups is 1. The Bertz CT molecular complexity index is 382. The number of nitrogens with zero attached hydrogens (tertiary/aromatic N) is 1. The Hall–Kier alpha value is -1.30. The summed E-state index contributed by atoms with van der Waals surface area (Å²) in [5.74, 6) is 0. The molecule has 0 radical (unpaired) electrons. The zero-order chi connectivity index (χ0) is 12.3. The Morgan fingerprint density at radius 2 is 2.06 bits per heavy atom. The van der Waals surface area contributed by atoms with Crippen LogP contribution in [-0.2, 0) is 4.74 Å². The number of hydrogen-bond acceptors (Lipinski definition) is 5. The lowest BCUT2D eigenvalue weighted by Crippen LogP contribution is -2.27. The third-order valence-corrected chi connectivity index (χ3v) is 2.58. The van der Waals surface area contributed by atoms with E-state index in [1.807, 2.05) is 6.92 Å². The van der Waals surface area contributed by atoms with Crippen molar-refractivity contribution in [3.05, 3.63) is 5.69 Å². The van der Waals surface area contributed by atoms with E-state index in [9.17, 15) is 4.79 Å². The van der Waals surface area contributed by atoms with Crippen molar-refractivity contribution in [1.82, 2.24) is 4.98 Å². The number of nitrogens with one attached hydrogen (secondary N) is 1. The number of carbonyl (C=O) groups excluding carboxylic acids is 1. The van der Waals surface area contributed by atoms with Crippen LogP contribution in [0.2, 0.25) is 0 Å². The van der Waals surface area contributed by atoms with E-state index in [1.165, 1.54) is 11.3 Å². The number of ether oxygens (including phenoxy) is 2. The summed E-state index contributed by atoms with van der Waals surface area (Å²) in [7, 11) is 1.57. The largest absolute Gasteiger partial charge is 0.486 e. The molecule has 90 valence electrons. The van der Waals surface area contributed by atoms with Crippen LogP contribution in [0.1, 0.15) is 26.5 Å². The number of thiazole rings is 1. The average molecular weight is 244 g/mol. The van der Waals surface area contributed by atoms with Crippen LogP contribution in [0.15, 0.2) is 0 Å². The van der Waals surface area contributed by atoms with Crippen molar-refractivity contribution in [3.8, 4) is 5.06 Å². The second-order valence-corrected chi connectivity index (χ2v) is 5.18. The minimum absolute atomic E-state index is 0.476. The lowest BCUT2D eigenvalue weighted by molar-refractivity contribution is 0.0636. The molecule has 6 heteroatoms. The highest BCUT2D eigenvalue weighted by atomic mass is 32.1. The van der Waals surface area contributed by atoms with Gasteiger partial charge in [0, 0.05) is 0 Å². The highest BCUT2D eigenvalue weighted by molar-refractivity contribution is 7.17. The summed E-state index contributed by atoms with van der Waals surface area (Å²) in [5, 5.41) is 3.72. The third kappa shape index (κ3) is 3.69. The Balaban J connectivity index is 2.63. The molecule has 16 heavy (non-hydrogen) atoms. The van der Waals surface area contributed by atoms with Gasteiger partial charge in [-0.15, -0.1) is 0 Å². The van der Waals surface area contributed by atoms with Gasteiger partial charge in [0.05, 0.1) is 12.8 Å². The average Bonchev–Trinajstić information content (AvgIpc) is 2.42. The number of amides is 1. The van der Waals surface area contributed by atoms with Crippen LogP contribution in [-0.4, -0.2) is 23.8 Å². The summed E-state index contributed by atoms with van der Waals surface area (Å²) in [6.07, 6.45) is -0.510. The maximum Gasteiger partial charge on any atom is 0.413 e. The number of rotatable bonds is 2. The molecule has 0 saturated carbocycles. The standard InChI is InChI=1S/C10H16N2O3S/c1-6-7(14-5)16-8(11-6)12-9(13)15-10(2,3)4/h1-5H3,(H,11,12,13). The van der Waals surface area contributed by atoms with Crippen molar-refractivity contribution >= 4 is 22.6 Å². The first-order valence-electron chi connectivity index (χ1n) is 4.83. The lowest BCUT2D eigenvalue weighted by Gasteiger charge is -2.18. The molecule has 1 amide bonds. The summed E-state index contributed by atoms with van der Waals surface area (Å²) < 4.78 is 10.2. The molecular weight excluding hydrogens is 228 g/mol. The Kier molecular flexibility index (Phi) is 3.74. The smallest absolute Gasteiger partial charge is 0.413 e. The van der Waals surface area contributed by atoms with Gasteiger partial charge in [-0.1, -0.05) is 11.3 Å². The number of methoxy groups -OCH3 is 1. The van der Waals surface area contributed by atoms with Crippen LogP contribution in [0.5, 0.6) is 5.06 Å². The van der Waals surface area contributed by atoms with Crippen LogP contribution in [0.3, 0.4) is 0 Å². The molecule has 1 aromatic heterocycles. The van der Waals surface area contributed by atoms with Gasteiger partial charge in [-0.3, -0.25) is 5.32 Å². The molecule has 0 spiro atoms. The molecule has 0 bridgehead atoms. The summed E-state index contributed by atoms with van der Waals surface area (Å²) in [5.41, 5.74) is 0.235. The fraction of sp³-hybridized carbons (Fsp3) is 0.600. The molecule has 1 N–H and O–H groups in total. The van der Waals surface area contributed by atoms with E-state index in [-0.39, 0.29) is 0 Å². The van der Waals surface area contributed by atoms with Crippen molar-refractivity contribution in [3.63, 3.8) is 0 Å². The highest BCUT2D eigenvalue weighted by Gasteiger charge is 2.18. The van der Waals surface area contributed by atoms with Gasteiger partial charge in [0.15, 0.2) is 10.2 Å². The van der Waals surface area contributed by atoms with Gasteiger partial charge < -0.3 is 9.47 Å².